The fourth-order valence-corrected chi connectivity index (χ4v) is 2.12. The van der Waals surface area contributed by atoms with Gasteiger partial charge in [-0.2, -0.15) is 0 Å². The Hall–Kier alpha value is -1.71. The maximum atomic E-state index is 11.7. The Morgan fingerprint density at radius 2 is 2.07 bits per heavy atom. The number of Topliss-reactive ketones (excluding diaryl/α,β-unsaturated/α-hetero) is 1. The number of fused-ring (bicyclic) bond motifs is 1. The van der Waals surface area contributed by atoms with Gasteiger partial charge >= 0.3 is 0 Å². The molecule has 0 unspecified atom stereocenters. The third kappa shape index (κ3) is 1.52. The molecule has 0 atom stereocenters. The monoisotopic (exact) mass is 205 g/mol. The second-order valence-corrected chi connectivity index (χ2v) is 3.79. The van der Waals surface area contributed by atoms with Crippen LogP contribution in [-0.2, 0) is 6.42 Å². The van der Waals surface area contributed by atoms with Crippen molar-refractivity contribution >= 4 is 11.5 Å². The van der Waals surface area contributed by atoms with Crippen molar-refractivity contribution in [2.24, 2.45) is 0 Å². The molecular weight excluding hydrogens is 194 g/mol. The minimum atomic E-state index is -0.406. The van der Waals surface area contributed by atoms with Crippen molar-refractivity contribution in [1.29, 1.82) is 0 Å². The van der Waals surface area contributed by atoms with Crippen LogP contribution >= 0.6 is 0 Å². The van der Waals surface area contributed by atoms with E-state index in [1.807, 2.05) is 6.92 Å². The number of benzene rings is 1. The molecule has 0 radical (unpaired) electrons. The van der Waals surface area contributed by atoms with Crippen LogP contribution in [-0.4, -0.2) is 10.7 Å². The number of hydrogen-bond donors (Lipinski definition) is 0. The van der Waals surface area contributed by atoms with Crippen LogP contribution in [0.5, 0.6) is 0 Å². The number of rotatable bonds is 1. The lowest BCUT2D eigenvalue weighted by Crippen LogP contribution is -2.14. The first kappa shape index (κ1) is 9.83. The van der Waals surface area contributed by atoms with Crippen LogP contribution in [0.25, 0.3) is 0 Å². The molecule has 2 rings (SSSR count). The maximum Gasteiger partial charge on any atom is 0.273 e. The van der Waals surface area contributed by atoms with Crippen molar-refractivity contribution in [3.8, 4) is 0 Å². The van der Waals surface area contributed by atoms with Crippen molar-refractivity contribution in [1.82, 2.24) is 0 Å². The van der Waals surface area contributed by atoms with E-state index in [1.165, 1.54) is 6.07 Å². The van der Waals surface area contributed by atoms with Gasteiger partial charge in [0.15, 0.2) is 5.78 Å². The lowest BCUT2D eigenvalue weighted by atomic mass is 9.86. The Kier molecular flexibility index (Phi) is 2.26. The van der Waals surface area contributed by atoms with Gasteiger partial charge in [0.25, 0.3) is 5.69 Å². The zero-order chi connectivity index (χ0) is 11.0. The Morgan fingerprint density at radius 1 is 1.33 bits per heavy atom. The minimum absolute atomic E-state index is 0.0393. The fraction of sp³-hybridized carbons (Fsp3) is 0.364. The Balaban J connectivity index is 2.69. The summed E-state index contributed by atoms with van der Waals surface area (Å²) in [4.78, 5) is 22.0. The number of nitro groups is 1. The van der Waals surface area contributed by atoms with Gasteiger partial charge < -0.3 is 0 Å². The Morgan fingerprint density at radius 3 is 2.73 bits per heavy atom. The van der Waals surface area contributed by atoms with E-state index in [0.29, 0.717) is 24.0 Å². The van der Waals surface area contributed by atoms with Gasteiger partial charge in [0.05, 0.1) is 4.92 Å². The number of hydrogen-bond acceptors (Lipinski definition) is 3. The summed E-state index contributed by atoms with van der Waals surface area (Å²) >= 11 is 0. The smallest absolute Gasteiger partial charge is 0.273 e. The molecule has 0 spiro atoms. The van der Waals surface area contributed by atoms with E-state index in [9.17, 15) is 14.9 Å². The summed E-state index contributed by atoms with van der Waals surface area (Å²) < 4.78 is 0. The molecule has 0 saturated heterocycles. The summed E-state index contributed by atoms with van der Waals surface area (Å²) in [5.41, 5.74) is 2.13. The van der Waals surface area contributed by atoms with Gasteiger partial charge in [-0.25, -0.2) is 0 Å². The second kappa shape index (κ2) is 3.46. The van der Waals surface area contributed by atoms with Crippen molar-refractivity contribution in [2.75, 3.05) is 0 Å². The third-order valence-corrected chi connectivity index (χ3v) is 2.80. The lowest BCUT2D eigenvalue weighted by molar-refractivity contribution is -0.385. The van der Waals surface area contributed by atoms with E-state index in [4.69, 9.17) is 0 Å². The molecule has 1 aromatic carbocycles. The van der Waals surface area contributed by atoms with Crippen molar-refractivity contribution in [2.45, 2.75) is 26.2 Å². The Bertz CT molecular complexity index is 451. The van der Waals surface area contributed by atoms with Gasteiger partial charge in [-0.1, -0.05) is 6.07 Å². The number of ketones is 1. The van der Waals surface area contributed by atoms with Gasteiger partial charge in [0.2, 0.25) is 0 Å². The van der Waals surface area contributed by atoms with E-state index < -0.39 is 4.92 Å². The van der Waals surface area contributed by atoms with E-state index >= 15 is 0 Å². The Labute approximate surface area is 87.1 Å². The number of carbonyl (C=O) groups excluding carboxylic acids is 1. The van der Waals surface area contributed by atoms with Crippen molar-refractivity contribution in [3.05, 3.63) is 38.9 Å². The molecule has 1 aliphatic carbocycles. The van der Waals surface area contributed by atoms with Crippen LogP contribution in [0.15, 0.2) is 12.1 Å². The van der Waals surface area contributed by atoms with Crippen LogP contribution in [0.3, 0.4) is 0 Å². The van der Waals surface area contributed by atoms with Gasteiger partial charge in [0.1, 0.15) is 0 Å². The average molecular weight is 205 g/mol. The molecule has 4 nitrogen and oxygen atoms in total. The highest BCUT2D eigenvalue weighted by Crippen LogP contribution is 2.31. The highest BCUT2D eigenvalue weighted by Gasteiger charge is 2.26. The molecule has 4 heteroatoms. The highest BCUT2D eigenvalue weighted by atomic mass is 16.6. The zero-order valence-corrected chi connectivity index (χ0v) is 8.45. The predicted molar refractivity (Wildman–Crippen MR) is 55.1 cm³/mol. The summed E-state index contributed by atoms with van der Waals surface area (Å²) in [6, 6.07) is 3.15. The summed E-state index contributed by atoms with van der Waals surface area (Å²) in [6.07, 6.45) is 1.87. The fourth-order valence-electron chi connectivity index (χ4n) is 2.12. The lowest BCUT2D eigenvalue weighted by Gasteiger charge is -2.16. The SMILES string of the molecule is Cc1ccc([N+](=O)[O-])c2c1C(=O)CCC2. The number of aryl methyl sites for hydroxylation is 1. The second-order valence-electron chi connectivity index (χ2n) is 3.79. The van der Waals surface area contributed by atoms with E-state index in [1.54, 1.807) is 6.07 Å². The quantitative estimate of drug-likeness (QED) is 0.522. The standard InChI is InChI=1S/C11H11NO3/c1-7-5-6-9(12(14)15)8-3-2-4-10(13)11(7)8/h5-6H,2-4H2,1H3. The van der Waals surface area contributed by atoms with E-state index in [2.05, 4.69) is 0 Å². The first-order chi connectivity index (χ1) is 7.11. The topological polar surface area (TPSA) is 60.2 Å². The van der Waals surface area contributed by atoms with Gasteiger partial charge in [-0.3, -0.25) is 14.9 Å². The molecule has 0 N–H and O–H groups in total. The van der Waals surface area contributed by atoms with E-state index in [-0.39, 0.29) is 11.5 Å². The van der Waals surface area contributed by atoms with E-state index in [0.717, 1.165) is 12.0 Å². The molecule has 0 aliphatic heterocycles. The third-order valence-electron chi connectivity index (χ3n) is 2.80. The highest BCUT2D eigenvalue weighted by molar-refractivity contribution is 6.00. The molecule has 0 bridgehead atoms. The van der Waals surface area contributed by atoms with Crippen LogP contribution in [0.4, 0.5) is 5.69 Å². The molecule has 0 saturated carbocycles. The molecule has 78 valence electrons. The molecule has 1 aliphatic rings. The summed E-state index contributed by atoms with van der Waals surface area (Å²) in [7, 11) is 0. The van der Waals surface area contributed by atoms with Crippen LogP contribution < -0.4 is 0 Å². The number of carbonyl (C=O) groups is 1. The molecule has 0 fully saturated rings. The van der Waals surface area contributed by atoms with Crippen LogP contribution in [0, 0.1) is 17.0 Å². The van der Waals surface area contributed by atoms with Crippen molar-refractivity contribution in [3.63, 3.8) is 0 Å². The number of nitro benzene ring substituents is 1. The summed E-state index contributed by atoms with van der Waals surface area (Å²) in [5, 5.41) is 10.8. The number of nitrogens with zero attached hydrogens (tertiary/aromatic N) is 1. The van der Waals surface area contributed by atoms with Crippen LogP contribution in [0.2, 0.25) is 0 Å². The molecule has 0 amide bonds. The average Bonchev–Trinajstić information content (AvgIpc) is 2.17. The van der Waals surface area contributed by atoms with Crippen LogP contribution in [0.1, 0.15) is 34.3 Å². The first-order valence-corrected chi connectivity index (χ1v) is 4.91. The molecule has 15 heavy (non-hydrogen) atoms. The molecule has 0 heterocycles. The largest absolute Gasteiger partial charge is 0.294 e. The molecule has 0 aromatic heterocycles. The van der Waals surface area contributed by atoms with Gasteiger partial charge in [0, 0.05) is 23.6 Å². The van der Waals surface area contributed by atoms with Gasteiger partial charge in [-0.05, 0) is 25.3 Å². The molecule has 1 aromatic rings. The first-order valence-electron chi connectivity index (χ1n) is 4.91. The minimum Gasteiger partial charge on any atom is -0.294 e. The zero-order valence-electron chi connectivity index (χ0n) is 8.45. The molecular formula is C11H11NO3. The van der Waals surface area contributed by atoms with Gasteiger partial charge in [-0.15, -0.1) is 0 Å². The maximum absolute atomic E-state index is 11.7. The van der Waals surface area contributed by atoms with Crippen molar-refractivity contribution < 1.29 is 9.72 Å². The summed E-state index contributed by atoms with van der Waals surface area (Å²) in [5.74, 6) is 0.0393. The predicted octanol–water partition coefficient (Wildman–Crippen LogP) is 2.42. The normalized spacial score (nSPS) is 14.9. The summed E-state index contributed by atoms with van der Waals surface area (Å²) in [6.45, 7) is 1.83.